The first-order chi connectivity index (χ1) is 32.8. The van der Waals surface area contributed by atoms with Crippen LogP contribution in [-0.4, -0.2) is 9.97 Å². The molecule has 324 valence electrons. The van der Waals surface area contributed by atoms with Gasteiger partial charge in [0, 0.05) is 12.4 Å². The summed E-state index contributed by atoms with van der Waals surface area (Å²) in [6.45, 7) is 9.50. The Morgan fingerprint density at radius 3 is 0.657 bits per heavy atom. The fourth-order valence-electron chi connectivity index (χ4n) is 7.39. The largest absolute Gasteiger partial charge is 2.00 e. The van der Waals surface area contributed by atoms with Crippen molar-refractivity contribution in [1.82, 2.24) is 9.97 Å². The molecule has 0 aliphatic carbocycles. The van der Waals surface area contributed by atoms with Crippen LogP contribution in [0.3, 0.4) is 0 Å². The zero-order valence-corrected chi connectivity index (χ0v) is 41.2. The van der Waals surface area contributed by atoms with Gasteiger partial charge in [-0.05, 0) is 119 Å². The molecule has 0 bridgehead atoms. The van der Waals surface area contributed by atoms with E-state index in [1.807, 2.05) is 60.9 Å². The fourth-order valence-corrected chi connectivity index (χ4v) is 12.5. The van der Waals surface area contributed by atoms with Gasteiger partial charge in [0.05, 0.1) is 27.2 Å². The van der Waals surface area contributed by atoms with Gasteiger partial charge in [0.15, 0.2) is 0 Å². The molecule has 0 spiro atoms. The Balaban J connectivity index is 0.000000181. The van der Waals surface area contributed by atoms with Crippen LogP contribution in [-0.2, 0) is 19.8 Å². The van der Waals surface area contributed by atoms with Crippen LogP contribution in [0.25, 0.3) is 33.6 Å². The number of benzene rings is 8. The Morgan fingerprint density at radius 1 is 0.254 bits per heavy atom. The minimum Gasteiger partial charge on any atom is -0.512 e. The third-order valence-corrected chi connectivity index (χ3v) is 15.8. The predicted molar refractivity (Wildman–Crippen MR) is 281 cm³/mol. The van der Waals surface area contributed by atoms with Crippen molar-refractivity contribution in [3.8, 4) is 33.6 Å². The van der Waals surface area contributed by atoms with Crippen molar-refractivity contribution in [2.75, 3.05) is 0 Å². The Morgan fingerprint density at radius 2 is 0.448 bits per heavy atom. The average Bonchev–Trinajstić information content (AvgIpc) is 3.43. The molecule has 0 fully saturated rings. The molecule has 8 aromatic carbocycles. The average molecular weight is 1080 g/mol. The second-order valence-electron chi connectivity index (χ2n) is 14.5. The SMILES string of the molecule is [C-]#N.[C-]#N.[Os+2].c1ccc(-c2ccnc(-c3cc(-c4ccccc4)ccn3)c2)cc1.c1ccc([PH+](c2ccccc2)c2ccccc2)cc1.c1ccc([PH+](c2ccccc2)c2ccccc2)cc1. The summed E-state index contributed by atoms with van der Waals surface area (Å²) in [5, 5.41) is 21.1. The van der Waals surface area contributed by atoms with Crippen molar-refractivity contribution in [3.05, 3.63) is 292 Å². The summed E-state index contributed by atoms with van der Waals surface area (Å²) in [7, 11) is -1.75. The third kappa shape index (κ3) is 14.8. The molecule has 67 heavy (non-hydrogen) atoms. The first kappa shape index (κ1) is 50.5. The second kappa shape index (κ2) is 28.4. The van der Waals surface area contributed by atoms with Gasteiger partial charge < -0.3 is 23.7 Å². The summed E-state index contributed by atoms with van der Waals surface area (Å²) in [5.41, 5.74) is 6.42. The normalized spacial score (nSPS) is 9.82. The van der Waals surface area contributed by atoms with Crippen molar-refractivity contribution < 1.29 is 19.8 Å². The van der Waals surface area contributed by atoms with E-state index < -0.39 is 15.8 Å². The van der Waals surface area contributed by atoms with Gasteiger partial charge in [-0.25, -0.2) is 0 Å². The van der Waals surface area contributed by atoms with Crippen molar-refractivity contribution in [2.24, 2.45) is 0 Å². The van der Waals surface area contributed by atoms with E-state index in [-0.39, 0.29) is 19.8 Å². The van der Waals surface area contributed by atoms with Crippen molar-refractivity contribution in [1.29, 1.82) is 10.5 Å². The predicted octanol–water partition coefficient (Wildman–Crippen LogP) is 12.0. The van der Waals surface area contributed by atoms with Crippen LogP contribution in [0, 0.1) is 23.7 Å². The molecule has 0 saturated carbocycles. The summed E-state index contributed by atoms with van der Waals surface area (Å²) >= 11 is 0. The Kier molecular flexibility index (Phi) is 21.5. The maximum atomic E-state index is 6.25. The van der Waals surface area contributed by atoms with Crippen molar-refractivity contribution >= 4 is 47.7 Å². The topological polar surface area (TPSA) is 73.4 Å². The van der Waals surface area contributed by atoms with Crippen molar-refractivity contribution in [3.63, 3.8) is 0 Å². The molecule has 0 N–H and O–H groups in total. The molecule has 10 aromatic rings. The minimum atomic E-state index is -0.877. The van der Waals surface area contributed by atoms with Crippen LogP contribution < -0.4 is 31.8 Å². The van der Waals surface area contributed by atoms with E-state index in [1.165, 1.54) is 43.0 Å². The molecular weight excluding hydrogens is 1030 g/mol. The quantitative estimate of drug-likeness (QED) is 0.107. The Labute approximate surface area is 411 Å². The number of aromatic nitrogens is 2. The summed E-state index contributed by atoms with van der Waals surface area (Å²) in [6.07, 6.45) is 3.68. The Hall–Kier alpha value is -7.46. The van der Waals surface area contributed by atoms with E-state index in [0.717, 1.165) is 22.5 Å². The van der Waals surface area contributed by atoms with Crippen LogP contribution in [0.4, 0.5) is 0 Å². The molecule has 0 aliphatic heterocycles. The second-order valence-corrected chi connectivity index (χ2v) is 19.5. The van der Waals surface area contributed by atoms with E-state index >= 15 is 0 Å². The van der Waals surface area contributed by atoms with Gasteiger partial charge in [-0.2, -0.15) is 0 Å². The third-order valence-electron chi connectivity index (χ3n) is 10.4. The van der Waals surface area contributed by atoms with Gasteiger partial charge >= 0.3 is 19.8 Å². The number of pyridine rings is 2. The molecule has 0 atom stereocenters. The number of rotatable bonds is 9. The summed E-state index contributed by atoms with van der Waals surface area (Å²) in [5.74, 6) is 0. The van der Waals surface area contributed by atoms with E-state index in [1.54, 1.807) is 0 Å². The van der Waals surface area contributed by atoms with Crippen LogP contribution in [0.1, 0.15) is 0 Å². The van der Waals surface area contributed by atoms with Gasteiger partial charge in [0.1, 0.15) is 31.8 Å². The summed E-state index contributed by atoms with van der Waals surface area (Å²) in [6, 6.07) is 93.9. The molecule has 0 aliphatic rings. The van der Waals surface area contributed by atoms with Gasteiger partial charge in [0.2, 0.25) is 0 Å². The van der Waals surface area contributed by atoms with Crippen LogP contribution in [0.15, 0.2) is 279 Å². The molecule has 2 aromatic heterocycles. The van der Waals surface area contributed by atoms with Gasteiger partial charge in [-0.3, -0.25) is 9.97 Å². The molecule has 4 nitrogen and oxygen atoms in total. The fraction of sp³-hybridized carbons (Fsp3) is 0. The molecule has 0 radical (unpaired) electrons. The Bertz CT molecular complexity index is 2540. The van der Waals surface area contributed by atoms with Gasteiger partial charge in [0.25, 0.3) is 0 Å². The molecule has 0 amide bonds. The summed E-state index contributed by atoms with van der Waals surface area (Å²) in [4.78, 5) is 9.01. The number of nitrogens with zero attached hydrogens (tertiary/aromatic N) is 4. The van der Waals surface area contributed by atoms with E-state index in [2.05, 4.69) is 228 Å². The minimum absolute atomic E-state index is 0. The standard InChI is InChI=1S/C22H16N2.2C18H15P.2CN.Os/c1-3-7-17(8-4-1)19-11-13-23-21(15-19)22-16-20(12-14-24-22)18-9-5-2-6-10-18;2*1-4-10-16(11-5-1)19(17-12-6-2-7-13-17)18-14-8-3-9-15-18;2*1-2;/h1-16H;2*1-15H;;;/q;;;2*-1;+2/p+2. The maximum absolute atomic E-state index is 6.25. The number of hydrogen-bond acceptors (Lipinski definition) is 4. The molecule has 2 heterocycles. The zero-order valence-electron chi connectivity index (χ0n) is 36.7. The molecular formula is C60H48N4OsP2+2. The van der Waals surface area contributed by atoms with Crippen LogP contribution in [0.5, 0.6) is 0 Å². The molecule has 0 saturated heterocycles. The van der Waals surface area contributed by atoms with Crippen LogP contribution >= 0.6 is 15.8 Å². The van der Waals surface area contributed by atoms with E-state index in [4.69, 9.17) is 23.7 Å². The van der Waals surface area contributed by atoms with E-state index in [9.17, 15) is 0 Å². The van der Waals surface area contributed by atoms with Crippen molar-refractivity contribution in [2.45, 2.75) is 0 Å². The maximum Gasteiger partial charge on any atom is 2.00 e. The monoisotopic (exact) mass is 1080 g/mol. The smallest absolute Gasteiger partial charge is 0.512 e. The van der Waals surface area contributed by atoms with Gasteiger partial charge in [-0.1, -0.05) is 170 Å². The number of hydrogen-bond donors (Lipinski definition) is 0. The van der Waals surface area contributed by atoms with Crippen LogP contribution in [0.2, 0.25) is 0 Å². The molecule has 7 heteroatoms. The van der Waals surface area contributed by atoms with E-state index in [0.29, 0.717) is 0 Å². The zero-order chi connectivity index (χ0) is 46.0. The first-order valence-electron chi connectivity index (χ1n) is 21.3. The molecule has 0 unspecified atom stereocenters. The van der Waals surface area contributed by atoms with Gasteiger partial charge in [-0.15, -0.1) is 0 Å². The first-order valence-corrected chi connectivity index (χ1v) is 24.3. The summed E-state index contributed by atoms with van der Waals surface area (Å²) < 4.78 is 0. The molecule has 10 rings (SSSR count).